The van der Waals surface area contributed by atoms with Crippen LogP contribution in [0.4, 0.5) is 19.0 Å². The summed E-state index contributed by atoms with van der Waals surface area (Å²) >= 11 is 0. The van der Waals surface area contributed by atoms with E-state index < -0.39 is 11.7 Å². The number of nitrogens with two attached hydrogens (primary N) is 1. The molecule has 1 fully saturated rings. The number of H-pyrrole nitrogens is 1. The molecule has 3 heterocycles. The molecule has 6 nitrogen and oxygen atoms in total. The Labute approximate surface area is 181 Å². The number of anilines is 1. The number of aromatic nitrogens is 3. The Morgan fingerprint density at radius 3 is 2.72 bits per heavy atom. The van der Waals surface area contributed by atoms with Crippen LogP contribution < -0.4 is 5.73 Å². The molecule has 0 bridgehead atoms. The smallest absolute Gasteiger partial charge is 0.382 e. The van der Waals surface area contributed by atoms with Crippen LogP contribution in [-0.2, 0) is 11.0 Å². The molecule has 0 atom stereocenters. The van der Waals surface area contributed by atoms with Gasteiger partial charge in [-0.3, -0.25) is 9.89 Å². The minimum absolute atomic E-state index is 0.113. The van der Waals surface area contributed by atoms with Gasteiger partial charge in [-0.25, -0.2) is 0 Å². The van der Waals surface area contributed by atoms with Crippen LogP contribution in [0.3, 0.4) is 0 Å². The highest BCUT2D eigenvalue weighted by Gasteiger charge is 2.38. The molecule has 0 saturated carbocycles. The average Bonchev–Trinajstić information content (AvgIpc) is 3.27. The molecule has 32 heavy (non-hydrogen) atoms. The molecule has 1 aliphatic heterocycles. The fourth-order valence-electron chi connectivity index (χ4n) is 4.49. The maximum atomic E-state index is 13.9. The van der Waals surface area contributed by atoms with Crippen LogP contribution in [-0.4, -0.2) is 38.7 Å². The summed E-state index contributed by atoms with van der Waals surface area (Å²) in [7, 11) is 0. The van der Waals surface area contributed by atoms with E-state index in [0.717, 1.165) is 22.8 Å². The van der Waals surface area contributed by atoms with Gasteiger partial charge in [0.2, 0.25) is 5.91 Å². The van der Waals surface area contributed by atoms with Gasteiger partial charge in [0, 0.05) is 30.2 Å². The molecule has 0 aliphatic carbocycles. The number of carbonyl (C=O) groups is 1. The van der Waals surface area contributed by atoms with Crippen molar-refractivity contribution in [2.45, 2.75) is 19.1 Å². The predicted octanol–water partition coefficient (Wildman–Crippen LogP) is 4.66. The minimum Gasteiger partial charge on any atom is -0.382 e. The third kappa shape index (κ3) is 2.96. The largest absolute Gasteiger partial charge is 0.418 e. The molecule has 9 heteroatoms. The number of hydrogen-bond donors (Lipinski definition) is 2. The number of halogens is 3. The molecular formula is C23H20F3N5O. The summed E-state index contributed by atoms with van der Waals surface area (Å²) in [6, 6.07) is 8.58. The Morgan fingerprint density at radius 2 is 2.03 bits per heavy atom. The van der Waals surface area contributed by atoms with E-state index in [1.165, 1.54) is 6.08 Å². The molecule has 3 N–H and O–H groups in total. The van der Waals surface area contributed by atoms with Gasteiger partial charge in [-0.2, -0.15) is 18.3 Å². The molecule has 2 aromatic heterocycles. The Hall–Kier alpha value is -3.75. The molecular weight excluding hydrogens is 419 g/mol. The van der Waals surface area contributed by atoms with Crippen LogP contribution in [0.15, 0.2) is 49.2 Å². The van der Waals surface area contributed by atoms with Gasteiger partial charge >= 0.3 is 6.18 Å². The van der Waals surface area contributed by atoms with E-state index in [0.29, 0.717) is 35.4 Å². The minimum atomic E-state index is -4.52. The van der Waals surface area contributed by atoms with Crippen molar-refractivity contribution in [3.8, 4) is 11.1 Å². The molecule has 5 rings (SSSR count). The Bertz CT molecular complexity index is 1390. The first-order chi connectivity index (χ1) is 15.2. The van der Waals surface area contributed by atoms with Crippen molar-refractivity contribution >= 4 is 33.5 Å². The quantitative estimate of drug-likeness (QED) is 0.456. The lowest BCUT2D eigenvalue weighted by Crippen LogP contribution is -2.49. The number of aryl methyl sites for hydroxylation is 1. The lowest BCUT2D eigenvalue weighted by Gasteiger charge is -2.39. The highest BCUT2D eigenvalue weighted by molar-refractivity contribution is 6.04. The molecule has 4 aromatic rings. The summed E-state index contributed by atoms with van der Waals surface area (Å²) in [5.74, 6) is 0.0752. The Balaban J connectivity index is 1.67. The predicted molar refractivity (Wildman–Crippen MR) is 117 cm³/mol. The number of carbonyl (C=O) groups excluding carboxylic acids is 1. The van der Waals surface area contributed by atoms with Crippen LogP contribution in [0, 0.1) is 6.92 Å². The lowest BCUT2D eigenvalue weighted by molar-refractivity contribution is -0.137. The summed E-state index contributed by atoms with van der Waals surface area (Å²) in [6.07, 6.45) is -2.16. The third-order valence-electron chi connectivity index (χ3n) is 6.14. The summed E-state index contributed by atoms with van der Waals surface area (Å²) in [6.45, 7) is 6.03. The highest BCUT2D eigenvalue weighted by atomic mass is 19.4. The van der Waals surface area contributed by atoms with Gasteiger partial charge in [0.05, 0.1) is 22.5 Å². The van der Waals surface area contributed by atoms with Crippen molar-refractivity contribution in [3.63, 3.8) is 0 Å². The van der Waals surface area contributed by atoms with Gasteiger partial charge in [-0.15, -0.1) is 0 Å². The zero-order chi connectivity index (χ0) is 22.8. The van der Waals surface area contributed by atoms with E-state index in [1.807, 2.05) is 19.1 Å². The standard InChI is InChI=1S/C23H20F3N5O/c1-3-19(32)30-9-14(10-30)31-11-16(23(24,25)26)15-8-13(5-7-18(15)31)20-12(2)4-6-17-21(20)22(27)29-28-17/h3-8,11,14H,1,9-10H2,2H3,(H3,27,28,29). The zero-order valence-corrected chi connectivity index (χ0v) is 17.2. The monoisotopic (exact) mass is 439 g/mol. The van der Waals surface area contributed by atoms with Crippen molar-refractivity contribution in [2.75, 3.05) is 18.8 Å². The van der Waals surface area contributed by atoms with Crippen molar-refractivity contribution in [3.05, 3.63) is 60.3 Å². The molecule has 2 aromatic carbocycles. The second-order valence-corrected chi connectivity index (χ2v) is 8.07. The van der Waals surface area contributed by atoms with Crippen molar-refractivity contribution in [1.29, 1.82) is 0 Å². The first-order valence-electron chi connectivity index (χ1n) is 10.1. The molecule has 0 spiro atoms. The maximum absolute atomic E-state index is 13.9. The van der Waals surface area contributed by atoms with E-state index in [-0.39, 0.29) is 17.3 Å². The molecule has 1 saturated heterocycles. The van der Waals surface area contributed by atoms with E-state index in [4.69, 9.17) is 5.73 Å². The Morgan fingerprint density at radius 1 is 1.28 bits per heavy atom. The van der Waals surface area contributed by atoms with E-state index >= 15 is 0 Å². The van der Waals surface area contributed by atoms with Crippen LogP contribution in [0.5, 0.6) is 0 Å². The van der Waals surface area contributed by atoms with Crippen LogP contribution in [0.2, 0.25) is 0 Å². The number of likely N-dealkylation sites (tertiary alicyclic amines) is 1. The van der Waals surface area contributed by atoms with Crippen molar-refractivity contribution in [2.24, 2.45) is 0 Å². The molecule has 0 radical (unpaired) electrons. The number of benzene rings is 2. The van der Waals surface area contributed by atoms with E-state index in [9.17, 15) is 18.0 Å². The number of hydrogen-bond acceptors (Lipinski definition) is 3. The summed E-state index contributed by atoms with van der Waals surface area (Å²) in [4.78, 5) is 13.3. The first-order valence-corrected chi connectivity index (χ1v) is 10.1. The van der Waals surface area contributed by atoms with E-state index in [2.05, 4.69) is 16.8 Å². The number of fused-ring (bicyclic) bond motifs is 2. The molecule has 164 valence electrons. The third-order valence-corrected chi connectivity index (χ3v) is 6.14. The first kappa shape index (κ1) is 20.2. The second-order valence-electron chi connectivity index (χ2n) is 8.07. The molecule has 1 aliphatic rings. The van der Waals surface area contributed by atoms with Gasteiger partial charge in [0.1, 0.15) is 0 Å². The second kappa shape index (κ2) is 6.88. The number of aromatic amines is 1. The average molecular weight is 439 g/mol. The van der Waals surface area contributed by atoms with Gasteiger partial charge in [-0.05, 0) is 47.9 Å². The van der Waals surface area contributed by atoms with E-state index in [1.54, 1.807) is 27.7 Å². The fraction of sp³-hybridized carbons (Fsp3) is 0.217. The summed E-state index contributed by atoms with van der Waals surface area (Å²) in [5.41, 5.74) is 8.81. The van der Waals surface area contributed by atoms with Gasteiger partial charge in [0.25, 0.3) is 0 Å². The van der Waals surface area contributed by atoms with Crippen molar-refractivity contribution < 1.29 is 18.0 Å². The zero-order valence-electron chi connectivity index (χ0n) is 17.2. The van der Waals surface area contributed by atoms with Gasteiger partial charge in [0.15, 0.2) is 5.82 Å². The number of nitrogens with zero attached hydrogens (tertiary/aromatic N) is 3. The lowest BCUT2D eigenvalue weighted by atomic mass is 9.95. The van der Waals surface area contributed by atoms with Crippen LogP contribution in [0.25, 0.3) is 32.9 Å². The number of nitrogen functional groups attached to an aromatic ring is 1. The summed E-state index contributed by atoms with van der Waals surface area (Å²) in [5, 5.41) is 7.70. The Kier molecular flexibility index (Phi) is 4.34. The highest BCUT2D eigenvalue weighted by Crippen LogP contribution is 2.42. The van der Waals surface area contributed by atoms with Gasteiger partial charge in [-0.1, -0.05) is 18.7 Å². The molecule has 1 amide bonds. The number of nitrogens with one attached hydrogen (secondary N) is 1. The molecule has 0 unspecified atom stereocenters. The maximum Gasteiger partial charge on any atom is 0.418 e. The topological polar surface area (TPSA) is 79.9 Å². The number of amides is 1. The van der Waals surface area contributed by atoms with Crippen molar-refractivity contribution in [1.82, 2.24) is 19.7 Å². The van der Waals surface area contributed by atoms with Crippen LogP contribution >= 0.6 is 0 Å². The fourth-order valence-corrected chi connectivity index (χ4v) is 4.49. The normalized spacial score (nSPS) is 14.8. The number of rotatable bonds is 3. The number of alkyl halides is 3. The van der Waals surface area contributed by atoms with Crippen LogP contribution in [0.1, 0.15) is 17.2 Å². The van der Waals surface area contributed by atoms with Gasteiger partial charge < -0.3 is 15.2 Å². The SMILES string of the molecule is C=CC(=O)N1CC(n2cc(C(F)(F)F)c3cc(-c4c(C)ccc5[nH]nc(N)c45)ccc32)C1. The summed E-state index contributed by atoms with van der Waals surface area (Å²) < 4.78 is 43.4.